The van der Waals surface area contributed by atoms with E-state index in [4.69, 9.17) is 5.11 Å². The molecule has 2 rings (SSSR count). The van der Waals surface area contributed by atoms with E-state index in [1.807, 2.05) is 7.05 Å². The van der Waals surface area contributed by atoms with Crippen LogP contribution in [0, 0.1) is 6.92 Å². The molecule has 0 fully saturated rings. The summed E-state index contributed by atoms with van der Waals surface area (Å²) in [6, 6.07) is 3.05. The minimum absolute atomic E-state index is 0.228. The third-order valence-electron chi connectivity index (χ3n) is 2.50. The van der Waals surface area contributed by atoms with Crippen LogP contribution in [-0.4, -0.2) is 37.4 Å². The van der Waals surface area contributed by atoms with Gasteiger partial charge in [-0.15, -0.1) is 0 Å². The molecule has 0 spiro atoms. The molecule has 2 aromatic heterocycles. The van der Waals surface area contributed by atoms with Gasteiger partial charge in [-0.3, -0.25) is 4.68 Å². The number of hydrogen-bond acceptors (Lipinski definition) is 5. The van der Waals surface area contributed by atoms with Gasteiger partial charge in [-0.05, 0) is 19.1 Å². The Morgan fingerprint density at radius 3 is 2.89 bits per heavy atom. The van der Waals surface area contributed by atoms with Crippen molar-refractivity contribution in [1.82, 2.24) is 19.7 Å². The van der Waals surface area contributed by atoms with Crippen molar-refractivity contribution in [3.05, 3.63) is 35.5 Å². The van der Waals surface area contributed by atoms with Crippen molar-refractivity contribution in [2.75, 3.05) is 11.9 Å². The quantitative estimate of drug-likeness (QED) is 0.829. The highest BCUT2D eigenvalue weighted by atomic mass is 16.4. The van der Waals surface area contributed by atoms with Gasteiger partial charge in [0.05, 0.1) is 5.56 Å². The number of nitrogens with zero attached hydrogens (tertiary/aromatic N) is 4. The van der Waals surface area contributed by atoms with Gasteiger partial charge in [-0.2, -0.15) is 5.10 Å². The molecule has 0 aliphatic carbocycles. The molecule has 7 heteroatoms. The van der Waals surface area contributed by atoms with E-state index < -0.39 is 5.97 Å². The lowest BCUT2D eigenvalue weighted by Gasteiger charge is -2.06. The Kier molecular flexibility index (Phi) is 3.74. The first-order valence-electron chi connectivity index (χ1n) is 5.85. The van der Waals surface area contributed by atoms with E-state index in [2.05, 4.69) is 20.4 Å². The lowest BCUT2D eigenvalue weighted by Crippen LogP contribution is -2.09. The third-order valence-corrected chi connectivity index (χ3v) is 2.50. The second-order valence-electron chi connectivity index (χ2n) is 4.20. The average molecular weight is 261 g/mol. The zero-order valence-electron chi connectivity index (χ0n) is 10.8. The molecule has 19 heavy (non-hydrogen) atoms. The predicted octanol–water partition coefficient (Wildman–Crippen LogP) is 0.871. The summed E-state index contributed by atoms with van der Waals surface area (Å²) < 4.78 is 1.64. The SMILES string of the molecule is Cc1cc(C(=O)O)cc(NCCc2ncn(C)n2)n1. The molecule has 0 atom stereocenters. The van der Waals surface area contributed by atoms with Crippen LogP contribution in [0.25, 0.3) is 0 Å². The molecule has 100 valence electrons. The molecule has 0 aromatic carbocycles. The Bertz CT molecular complexity index is 594. The van der Waals surface area contributed by atoms with E-state index in [1.54, 1.807) is 17.9 Å². The van der Waals surface area contributed by atoms with Crippen LogP contribution in [0.2, 0.25) is 0 Å². The summed E-state index contributed by atoms with van der Waals surface area (Å²) in [4.78, 5) is 19.3. The molecule has 0 radical (unpaired) electrons. The van der Waals surface area contributed by atoms with Crippen LogP contribution in [-0.2, 0) is 13.5 Å². The van der Waals surface area contributed by atoms with Gasteiger partial charge in [-0.1, -0.05) is 0 Å². The third kappa shape index (κ3) is 3.51. The van der Waals surface area contributed by atoms with E-state index in [-0.39, 0.29) is 5.56 Å². The standard InChI is InChI=1S/C12H15N5O2/c1-8-5-9(12(18)19)6-11(15-8)13-4-3-10-14-7-17(2)16-10/h5-7H,3-4H2,1-2H3,(H,13,15)(H,18,19). The van der Waals surface area contributed by atoms with Crippen LogP contribution in [0.4, 0.5) is 5.82 Å². The molecule has 0 unspecified atom stereocenters. The van der Waals surface area contributed by atoms with Crippen LogP contribution < -0.4 is 5.32 Å². The Labute approximate surface area is 110 Å². The molecule has 0 aliphatic rings. The maximum atomic E-state index is 10.9. The minimum Gasteiger partial charge on any atom is -0.478 e. The number of carbonyl (C=O) groups is 1. The lowest BCUT2D eigenvalue weighted by molar-refractivity contribution is 0.0696. The number of carboxylic acids is 1. The molecule has 2 aromatic rings. The summed E-state index contributed by atoms with van der Waals surface area (Å²) in [7, 11) is 1.81. The molecular weight excluding hydrogens is 246 g/mol. The molecule has 0 amide bonds. The summed E-state index contributed by atoms with van der Waals surface area (Å²) in [5.74, 6) is 0.328. The van der Waals surface area contributed by atoms with Crippen LogP contribution in [0.1, 0.15) is 21.9 Å². The second kappa shape index (κ2) is 5.47. The summed E-state index contributed by atoms with van der Waals surface area (Å²) in [5.41, 5.74) is 0.893. The number of anilines is 1. The Hall–Kier alpha value is -2.44. The predicted molar refractivity (Wildman–Crippen MR) is 69.1 cm³/mol. The second-order valence-corrected chi connectivity index (χ2v) is 4.20. The Morgan fingerprint density at radius 2 is 2.26 bits per heavy atom. The zero-order chi connectivity index (χ0) is 13.8. The van der Waals surface area contributed by atoms with Crippen molar-refractivity contribution >= 4 is 11.8 Å². The van der Waals surface area contributed by atoms with E-state index in [0.29, 0.717) is 24.5 Å². The smallest absolute Gasteiger partial charge is 0.335 e. The van der Waals surface area contributed by atoms with Gasteiger partial charge in [0, 0.05) is 25.7 Å². The van der Waals surface area contributed by atoms with E-state index in [9.17, 15) is 4.79 Å². The fourth-order valence-electron chi connectivity index (χ4n) is 1.68. The number of hydrogen-bond donors (Lipinski definition) is 2. The number of nitrogens with one attached hydrogen (secondary N) is 1. The summed E-state index contributed by atoms with van der Waals surface area (Å²) in [5, 5.41) is 16.2. The summed E-state index contributed by atoms with van der Waals surface area (Å²) >= 11 is 0. The Balaban J connectivity index is 1.97. The number of aromatic nitrogens is 4. The van der Waals surface area contributed by atoms with E-state index in [1.165, 1.54) is 12.1 Å². The largest absolute Gasteiger partial charge is 0.478 e. The van der Waals surface area contributed by atoms with Crippen molar-refractivity contribution in [2.24, 2.45) is 7.05 Å². The van der Waals surface area contributed by atoms with E-state index in [0.717, 1.165) is 5.82 Å². The van der Waals surface area contributed by atoms with Gasteiger partial charge in [0.25, 0.3) is 0 Å². The fraction of sp³-hybridized carbons (Fsp3) is 0.333. The molecule has 2 heterocycles. The zero-order valence-corrected chi connectivity index (χ0v) is 10.8. The molecule has 0 bridgehead atoms. The highest BCUT2D eigenvalue weighted by Gasteiger charge is 2.06. The van der Waals surface area contributed by atoms with Crippen molar-refractivity contribution in [3.8, 4) is 0 Å². The van der Waals surface area contributed by atoms with Gasteiger partial charge >= 0.3 is 5.97 Å². The molecular formula is C12H15N5O2. The molecule has 0 aliphatic heterocycles. The average Bonchev–Trinajstić information content (AvgIpc) is 2.74. The lowest BCUT2D eigenvalue weighted by atomic mass is 10.2. The summed E-state index contributed by atoms with van der Waals surface area (Å²) in [6.07, 6.45) is 2.29. The summed E-state index contributed by atoms with van der Waals surface area (Å²) in [6.45, 7) is 2.36. The van der Waals surface area contributed by atoms with Crippen LogP contribution in [0.5, 0.6) is 0 Å². The molecule has 7 nitrogen and oxygen atoms in total. The number of aryl methyl sites for hydroxylation is 2. The Morgan fingerprint density at radius 1 is 1.47 bits per heavy atom. The van der Waals surface area contributed by atoms with Crippen LogP contribution >= 0.6 is 0 Å². The topological polar surface area (TPSA) is 92.9 Å². The highest BCUT2D eigenvalue weighted by Crippen LogP contribution is 2.10. The van der Waals surface area contributed by atoms with Gasteiger partial charge in [0.2, 0.25) is 0 Å². The number of carboxylic acid groups (broad SMARTS) is 1. The van der Waals surface area contributed by atoms with Crippen molar-refractivity contribution in [1.29, 1.82) is 0 Å². The molecule has 2 N–H and O–H groups in total. The van der Waals surface area contributed by atoms with Gasteiger partial charge in [0.1, 0.15) is 12.1 Å². The first kappa shape index (κ1) is 13.0. The number of aromatic carboxylic acids is 1. The van der Waals surface area contributed by atoms with Crippen molar-refractivity contribution in [2.45, 2.75) is 13.3 Å². The van der Waals surface area contributed by atoms with E-state index >= 15 is 0 Å². The van der Waals surface area contributed by atoms with Gasteiger partial charge in [-0.25, -0.2) is 14.8 Å². The fourth-order valence-corrected chi connectivity index (χ4v) is 1.68. The van der Waals surface area contributed by atoms with Crippen LogP contribution in [0.15, 0.2) is 18.5 Å². The monoisotopic (exact) mass is 261 g/mol. The van der Waals surface area contributed by atoms with Crippen LogP contribution in [0.3, 0.4) is 0 Å². The maximum absolute atomic E-state index is 10.9. The normalized spacial score (nSPS) is 10.4. The first-order chi connectivity index (χ1) is 9.04. The van der Waals surface area contributed by atoms with Gasteiger partial charge < -0.3 is 10.4 Å². The molecule has 0 saturated carbocycles. The van der Waals surface area contributed by atoms with Crippen molar-refractivity contribution < 1.29 is 9.90 Å². The maximum Gasteiger partial charge on any atom is 0.335 e. The first-order valence-corrected chi connectivity index (χ1v) is 5.85. The highest BCUT2D eigenvalue weighted by molar-refractivity contribution is 5.88. The number of rotatable bonds is 5. The van der Waals surface area contributed by atoms with Gasteiger partial charge in [0.15, 0.2) is 5.82 Å². The molecule has 0 saturated heterocycles. The minimum atomic E-state index is -0.958. The van der Waals surface area contributed by atoms with Crippen molar-refractivity contribution in [3.63, 3.8) is 0 Å². The number of pyridine rings is 1.